The molecule has 3 aromatic rings. The number of pyridine rings is 1. The molecule has 1 aliphatic rings. The van der Waals surface area contributed by atoms with Gasteiger partial charge in [0.2, 0.25) is 10.0 Å². The molecule has 1 aliphatic heterocycles. The van der Waals surface area contributed by atoms with Gasteiger partial charge in [-0.2, -0.15) is 0 Å². The predicted octanol–water partition coefficient (Wildman–Crippen LogP) is 2.66. The van der Waals surface area contributed by atoms with Crippen LogP contribution in [-0.2, 0) is 21.4 Å². The van der Waals surface area contributed by atoms with Gasteiger partial charge < -0.3 is 4.74 Å². The second-order valence-corrected chi connectivity index (χ2v) is 10.8. The summed E-state index contributed by atoms with van der Waals surface area (Å²) < 4.78 is 34.3. The first-order valence-corrected chi connectivity index (χ1v) is 13.9. The van der Waals surface area contributed by atoms with Crippen LogP contribution in [0, 0.1) is 6.92 Å². The van der Waals surface area contributed by atoms with E-state index in [9.17, 15) is 18.4 Å². The van der Waals surface area contributed by atoms with Crippen LogP contribution in [0.15, 0.2) is 59.5 Å². The molecular weight excluding hydrogens is 494 g/mol. The second-order valence-electron chi connectivity index (χ2n) is 9.06. The number of rotatable bonds is 9. The Hall–Kier alpha value is -3.09. The maximum atomic E-state index is 12.9. The predicted molar refractivity (Wildman–Crippen MR) is 139 cm³/mol. The highest BCUT2D eigenvalue weighted by atomic mass is 32.2. The lowest BCUT2D eigenvalue weighted by Gasteiger charge is -2.32. The van der Waals surface area contributed by atoms with Crippen LogP contribution in [-0.4, -0.2) is 55.2 Å². The zero-order valence-electron chi connectivity index (χ0n) is 20.8. The Kier molecular flexibility index (Phi) is 9.06. The number of carbonyl (C=O) groups is 1. The van der Waals surface area contributed by atoms with Gasteiger partial charge >= 0.3 is 0 Å². The summed E-state index contributed by atoms with van der Waals surface area (Å²) in [4.78, 5) is 16.9. The minimum absolute atomic E-state index is 0.0498. The third-order valence-electron chi connectivity index (χ3n) is 6.35. The van der Waals surface area contributed by atoms with Crippen LogP contribution < -0.4 is 20.4 Å². The Balaban J connectivity index is 1.40. The Morgan fingerprint density at radius 1 is 1.14 bits per heavy atom. The molecule has 1 amide bonds. The molecule has 198 valence electrons. The Morgan fingerprint density at radius 2 is 1.89 bits per heavy atom. The number of nitrogens with zero attached hydrogens (tertiary/aromatic N) is 2. The van der Waals surface area contributed by atoms with Crippen LogP contribution >= 0.6 is 0 Å². The van der Waals surface area contributed by atoms with Crippen LogP contribution in [0.2, 0.25) is 0 Å². The number of hydrogen-bond donors (Lipinski definition) is 4. The number of benzene rings is 2. The van der Waals surface area contributed by atoms with E-state index in [4.69, 9.17) is 4.74 Å². The van der Waals surface area contributed by atoms with Crippen LogP contribution in [0.3, 0.4) is 0 Å². The average Bonchev–Trinajstić information content (AvgIpc) is 2.88. The molecule has 1 atom stereocenters. The van der Waals surface area contributed by atoms with E-state index in [2.05, 4.69) is 15.1 Å². The van der Waals surface area contributed by atoms with Crippen molar-refractivity contribution in [1.29, 1.82) is 0 Å². The standard InChI is InChI=1S/C26H33N5O5S/c1-19-16-20(23-8-4-5-9-24(23)29-19)18-36-21-10-12-22(13-11-21)37(34,35)28-17-25(26(32)30-33)31-15-7-3-2-6-14-27-31/h4-5,8-13,16,25,27-28,33H,2-3,6-7,14-15,17-18H2,1H3,(H,30,32). The van der Waals surface area contributed by atoms with Crippen molar-refractivity contribution in [3.8, 4) is 5.75 Å². The number of ether oxygens (including phenoxy) is 1. The molecule has 37 heavy (non-hydrogen) atoms. The third kappa shape index (κ3) is 7.02. The average molecular weight is 528 g/mol. The summed E-state index contributed by atoms with van der Waals surface area (Å²) in [5, 5.41) is 11.9. The molecule has 10 nitrogen and oxygen atoms in total. The Bertz CT molecular complexity index is 1310. The van der Waals surface area contributed by atoms with Gasteiger partial charge in [-0.05, 0) is 56.2 Å². The van der Waals surface area contributed by atoms with Crippen LogP contribution in [0.25, 0.3) is 10.9 Å². The number of para-hydroxylation sites is 1. The molecule has 2 aromatic carbocycles. The van der Waals surface area contributed by atoms with Crippen LogP contribution in [0.5, 0.6) is 5.75 Å². The van der Waals surface area contributed by atoms with Crippen molar-refractivity contribution in [3.05, 3.63) is 65.9 Å². The smallest absolute Gasteiger partial charge is 0.263 e. The van der Waals surface area contributed by atoms with E-state index >= 15 is 0 Å². The van der Waals surface area contributed by atoms with Gasteiger partial charge in [-0.15, -0.1) is 0 Å². The summed E-state index contributed by atoms with van der Waals surface area (Å²) in [7, 11) is -3.90. The van der Waals surface area contributed by atoms with Crippen LogP contribution in [0.4, 0.5) is 0 Å². The minimum Gasteiger partial charge on any atom is -0.489 e. The molecule has 1 aromatic heterocycles. The van der Waals surface area contributed by atoms with Crippen LogP contribution in [0.1, 0.15) is 36.9 Å². The van der Waals surface area contributed by atoms with E-state index < -0.39 is 22.0 Å². The maximum absolute atomic E-state index is 12.9. The zero-order valence-corrected chi connectivity index (χ0v) is 21.6. The lowest BCUT2D eigenvalue weighted by atomic mass is 10.1. The van der Waals surface area contributed by atoms with Crippen molar-refractivity contribution < 1.29 is 23.2 Å². The van der Waals surface area contributed by atoms with E-state index in [-0.39, 0.29) is 11.4 Å². The fraction of sp³-hybridized carbons (Fsp3) is 0.385. The number of sulfonamides is 1. The molecule has 0 bridgehead atoms. The Morgan fingerprint density at radius 3 is 2.68 bits per heavy atom. The molecule has 0 radical (unpaired) electrons. The topological polar surface area (TPSA) is 133 Å². The lowest BCUT2D eigenvalue weighted by Crippen LogP contribution is -2.57. The second kappa shape index (κ2) is 12.4. The number of hydrogen-bond acceptors (Lipinski definition) is 8. The number of carbonyl (C=O) groups excluding carboxylic acids is 1. The first-order chi connectivity index (χ1) is 17.9. The maximum Gasteiger partial charge on any atom is 0.263 e. The van der Waals surface area contributed by atoms with E-state index in [0.29, 0.717) is 25.4 Å². The van der Waals surface area contributed by atoms with Crippen molar-refractivity contribution in [2.75, 3.05) is 19.6 Å². The van der Waals surface area contributed by atoms with Gasteiger partial charge in [-0.3, -0.25) is 20.4 Å². The number of amides is 1. The lowest BCUT2D eigenvalue weighted by molar-refractivity contribution is -0.136. The van der Waals surface area contributed by atoms with E-state index in [1.54, 1.807) is 22.6 Å². The molecule has 0 spiro atoms. The number of aromatic nitrogens is 1. The molecule has 0 aliphatic carbocycles. The molecule has 0 saturated carbocycles. The fourth-order valence-electron chi connectivity index (χ4n) is 4.41. The quantitative estimate of drug-likeness (QED) is 0.247. The molecule has 1 unspecified atom stereocenters. The summed E-state index contributed by atoms with van der Waals surface area (Å²) in [6.45, 7) is 3.29. The molecule has 1 fully saturated rings. The Labute approximate surface area is 217 Å². The number of hydroxylamine groups is 1. The van der Waals surface area contributed by atoms with Crippen molar-refractivity contribution in [2.24, 2.45) is 0 Å². The summed E-state index contributed by atoms with van der Waals surface area (Å²) in [6, 6.07) is 15.0. The van der Waals surface area contributed by atoms with Gasteiger partial charge in [0.05, 0.1) is 10.4 Å². The van der Waals surface area contributed by atoms with Gasteiger partial charge in [0.25, 0.3) is 5.91 Å². The summed E-state index contributed by atoms with van der Waals surface area (Å²) in [6.07, 6.45) is 3.96. The van der Waals surface area contributed by atoms with Gasteiger partial charge in [0.15, 0.2) is 0 Å². The number of nitrogens with one attached hydrogen (secondary N) is 3. The van der Waals surface area contributed by atoms with Gasteiger partial charge in [-0.1, -0.05) is 31.0 Å². The third-order valence-corrected chi connectivity index (χ3v) is 7.79. The highest BCUT2D eigenvalue weighted by Gasteiger charge is 2.28. The fourth-order valence-corrected chi connectivity index (χ4v) is 5.45. The summed E-state index contributed by atoms with van der Waals surface area (Å²) in [5.74, 6) is -0.154. The minimum atomic E-state index is -3.90. The molecule has 1 saturated heterocycles. The first kappa shape index (κ1) is 27.0. The van der Waals surface area contributed by atoms with Crippen molar-refractivity contribution >= 4 is 26.8 Å². The van der Waals surface area contributed by atoms with E-state index in [1.807, 2.05) is 37.3 Å². The normalized spacial score (nSPS) is 16.1. The molecule has 11 heteroatoms. The zero-order chi connectivity index (χ0) is 26.3. The molecule has 4 rings (SSSR count). The van der Waals surface area contributed by atoms with Gasteiger partial charge in [0, 0.05) is 36.3 Å². The molecule has 2 heterocycles. The molecule has 4 N–H and O–H groups in total. The summed E-state index contributed by atoms with van der Waals surface area (Å²) in [5.41, 5.74) is 7.60. The van der Waals surface area contributed by atoms with E-state index in [0.717, 1.165) is 47.8 Å². The van der Waals surface area contributed by atoms with Gasteiger partial charge in [-0.25, -0.2) is 23.6 Å². The summed E-state index contributed by atoms with van der Waals surface area (Å²) >= 11 is 0. The first-order valence-electron chi connectivity index (χ1n) is 12.4. The number of fused-ring (bicyclic) bond motifs is 1. The van der Waals surface area contributed by atoms with E-state index in [1.165, 1.54) is 12.1 Å². The molecular formula is C26H33N5O5S. The number of aryl methyl sites for hydroxylation is 1. The highest BCUT2D eigenvalue weighted by Crippen LogP contribution is 2.22. The van der Waals surface area contributed by atoms with Crippen molar-refractivity contribution in [3.63, 3.8) is 0 Å². The SMILES string of the molecule is Cc1cc(COc2ccc(S(=O)(=O)NCC(C(=O)NO)N3CCCCCCN3)cc2)c2ccccc2n1. The monoisotopic (exact) mass is 527 g/mol. The highest BCUT2D eigenvalue weighted by molar-refractivity contribution is 7.89. The van der Waals surface area contributed by atoms with Crippen molar-refractivity contribution in [2.45, 2.75) is 50.2 Å². The number of hydrazine groups is 1. The van der Waals surface area contributed by atoms with Crippen molar-refractivity contribution in [1.82, 2.24) is 25.6 Å². The largest absolute Gasteiger partial charge is 0.489 e. The van der Waals surface area contributed by atoms with Gasteiger partial charge in [0.1, 0.15) is 18.4 Å².